The van der Waals surface area contributed by atoms with E-state index >= 15 is 0 Å². The Kier molecular flexibility index (Phi) is 6.60. The van der Waals surface area contributed by atoms with E-state index in [-0.39, 0.29) is 19.8 Å². The lowest BCUT2D eigenvalue weighted by Gasteiger charge is -2.09. The second-order valence-corrected chi connectivity index (χ2v) is 6.55. The quantitative estimate of drug-likeness (QED) is 0.532. The van der Waals surface area contributed by atoms with Gasteiger partial charge in [0.2, 0.25) is 6.79 Å². The van der Waals surface area contributed by atoms with Crippen molar-refractivity contribution in [1.82, 2.24) is 0 Å². The SMILES string of the molecule is Cc1cc(OCCCC(=O)OCC(=O)Nc2ccc3c(c2)OCO3)ccc1Cl. The van der Waals surface area contributed by atoms with E-state index < -0.39 is 11.9 Å². The van der Waals surface area contributed by atoms with Crippen molar-refractivity contribution in [2.45, 2.75) is 19.8 Å². The second-order valence-electron chi connectivity index (χ2n) is 6.14. The maximum Gasteiger partial charge on any atom is 0.306 e. The number of halogens is 1. The van der Waals surface area contributed by atoms with Crippen LogP contribution in [0, 0.1) is 6.92 Å². The maximum absolute atomic E-state index is 11.9. The number of amides is 1. The lowest BCUT2D eigenvalue weighted by molar-refractivity contribution is -0.147. The predicted molar refractivity (Wildman–Crippen MR) is 103 cm³/mol. The number of hydrogen-bond acceptors (Lipinski definition) is 6. The number of benzene rings is 2. The highest BCUT2D eigenvalue weighted by Gasteiger charge is 2.14. The zero-order valence-electron chi connectivity index (χ0n) is 15.3. The molecule has 1 aliphatic rings. The van der Waals surface area contributed by atoms with Gasteiger partial charge >= 0.3 is 5.97 Å². The maximum atomic E-state index is 11.9. The summed E-state index contributed by atoms with van der Waals surface area (Å²) in [7, 11) is 0. The molecule has 0 atom stereocenters. The standard InChI is InChI=1S/C20H20ClNO6/c1-13-9-15(5-6-16(13)21)25-8-2-3-20(24)26-11-19(23)22-14-4-7-17-18(10-14)28-12-27-17/h4-7,9-10H,2-3,8,11-12H2,1H3,(H,22,23). The van der Waals surface area contributed by atoms with Crippen molar-refractivity contribution in [3.8, 4) is 17.2 Å². The van der Waals surface area contributed by atoms with Crippen molar-refractivity contribution in [2.75, 3.05) is 25.3 Å². The summed E-state index contributed by atoms with van der Waals surface area (Å²) in [4.78, 5) is 23.6. The molecule has 0 saturated heterocycles. The zero-order chi connectivity index (χ0) is 19.9. The minimum absolute atomic E-state index is 0.157. The molecule has 1 aliphatic heterocycles. The van der Waals surface area contributed by atoms with Crippen LogP contribution in [0.15, 0.2) is 36.4 Å². The van der Waals surface area contributed by atoms with Crippen molar-refractivity contribution in [1.29, 1.82) is 0 Å². The Hall–Kier alpha value is -2.93. The van der Waals surface area contributed by atoms with Crippen LogP contribution in [0.2, 0.25) is 5.02 Å². The van der Waals surface area contributed by atoms with Crippen LogP contribution in [-0.2, 0) is 14.3 Å². The number of hydrogen-bond donors (Lipinski definition) is 1. The molecule has 2 aromatic carbocycles. The minimum atomic E-state index is -0.461. The Morgan fingerprint density at radius 1 is 1.14 bits per heavy atom. The van der Waals surface area contributed by atoms with Crippen molar-refractivity contribution < 1.29 is 28.5 Å². The molecule has 0 fully saturated rings. The van der Waals surface area contributed by atoms with E-state index in [1.165, 1.54) is 0 Å². The Labute approximate surface area is 167 Å². The third-order valence-electron chi connectivity index (χ3n) is 3.94. The molecule has 0 radical (unpaired) electrons. The third-order valence-corrected chi connectivity index (χ3v) is 4.37. The number of carbonyl (C=O) groups is 2. The second kappa shape index (κ2) is 9.32. The number of aryl methyl sites for hydroxylation is 1. The van der Waals surface area contributed by atoms with Crippen LogP contribution in [0.3, 0.4) is 0 Å². The summed E-state index contributed by atoms with van der Waals surface area (Å²) in [6, 6.07) is 10.4. The molecule has 0 bridgehead atoms. The predicted octanol–water partition coefficient (Wildman–Crippen LogP) is 3.72. The van der Waals surface area contributed by atoms with E-state index in [0.717, 1.165) is 5.56 Å². The van der Waals surface area contributed by atoms with Gasteiger partial charge in [-0.05, 0) is 49.2 Å². The minimum Gasteiger partial charge on any atom is -0.494 e. The summed E-state index contributed by atoms with van der Waals surface area (Å²) >= 11 is 5.96. The molecule has 1 heterocycles. The fourth-order valence-electron chi connectivity index (χ4n) is 2.50. The summed E-state index contributed by atoms with van der Waals surface area (Å²) in [5.74, 6) is 0.987. The Morgan fingerprint density at radius 2 is 1.96 bits per heavy atom. The van der Waals surface area contributed by atoms with Crippen LogP contribution >= 0.6 is 11.6 Å². The van der Waals surface area contributed by atoms with Crippen LogP contribution in [0.25, 0.3) is 0 Å². The summed E-state index contributed by atoms with van der Waals surface area (Å²) in [6.45, 7) is 2.05. The van der Waals surface area contributed by atoms with Gasteiger partial charge < -0.3 is 24.3 Å². The zero-order valence-corrected chi connectivity index (χ0v) is 16.1. The molecule has 7 nitrogen and oxygen atoms in total. The molecule has 148 valence electrons. The van der Waals surface area contributed by atoms with Crippen LogP contribution in [-0.4, -0.2) is 31.9 Å². The van der Waals surface area contributed by atoms with E-state index in [4.69, 9.17) is 30.5 Å². The van der Waals surface area contributed by atoms with E-state index in [9.17, 15) is 9.59 Å². The first-order chi connectivity index (χ1) is 13.5. The van der Waals surface area contributed by atoms with Crippen LogP contribution in [0.4, 0.5) is 5.69 Å². The Balaban J connectivity index is 1.32. The molecule has 0 spiro atoms. The first-order valence-corrected chi connectivity index (χ1v) is 9.13. The fraction of sp³-hybridized carbons (Fsp3) is 0.300. The normalized spacial score (nSPS) is 11.8. The smallest absolute Gasteiger partial charge is 0.306 e. The van der Waals surface area contributed by atoms with Crippen LogP contribution in [0.1, 0.15) is 18.4 Å². The largest absolute Gasteiger partial charge is 0.494 e. The van der Waals surface area contributed by atoms with E-state index in [2.05, 4.69) is 5.32 Å². The van der Waals surface area contributed by atoms with Gasteiger partial charge in [0.15, 0.2) is 18.1 Å². The Morgan fingerprint density at radius 3 is 2.79 bits per heavy atom. The van der Waals surface area contributed by atoms with E-state index in [1.54, 1.807) is 30.3 Å². The first-order valence-electron chi connectivity index (χ1n) is 8.75. The average molecular weight is 406 g/mol. The average Bonchev–Trinajstić information content (AvgIpc) is 3.14. The summed E-state index contributed by atoms with van der Waals surface area (Å²) in [5.41, 5.74) is 1.46. The third kappa shape index (κ3) is 5.53. The molecule has 0 unspecified atom stereocenters. The molecule has 2 aromatic rings. The van der Waals surface area contributed by atoms with Gasteiger partial charge in [-0.1, -0.05) is 11.6 Å². The van der Waals surface area contributed by atoms with Crippen molar-refractivity contribution in [3.05, 3.63) is 47.0 Å². The number of ether oxygens (including phenoxy) is 4. The lowest BCUT2D eigenvalue weighted by atomic mass is 10.2. The fourth-order valence-corrected chi connectivity index (χ4v) is 2.62. The van der Waals surface area contributed by atoms with Gasteiger partial charge in [0.05, 0.1) is 6.61 Å². The number of esters is 1. The topological polar surface area (TPSA) is 83.1 Å². The molecule has 0 aliphatic carbocycles. The summed E-state index contributed by atoms with van der Waals surface area (Å²) in [6.07, 6.45) is 0.633. The van der Waals surface area contributed by atoms with E-state index in [0.29, 0.717) is 41.0 Å². The summed E-state index contributed by atoms with van der Waals surface area (Å²) in [5, 5.41) is 3.31. The summed E-state index contributed by atoms with van der Waals surface area (Å²) < 4.78 is 21.0. The first kappa shape index (κ1) is 19.8. The van der Waals surface area contributed by atoms with Crippen molar-refractivity contribution >= 4 is 29.2 Å². The monoisotopic (exact) mass is 405 g/mol. The van der Waals surface area contributed by atoms with Gasteiger partial charge in [0.1, 0.15) is 5.75 Å². The molecule has 1 N–H and O–H groups in total. The van der Waals surface area contributed by atoms with E-state index in [1.807, 2.05) is 13.0 Å². The highest BCUT2D eigenvalue weighted by Crippen LogP contribution is 2.34. The van der Waals surface area contributed by atoms with Crippen LogP contribution in [0.5, 0.6) is 17.2 Å². The molecule has 3 rings (SSSR count). The van der Waals surface area contributed by atoms with Crippen LogP contribution < -0.4 is 19.5 Å². The Bertz CT molecular complexity index is 870. The molecule has 0 saturated carbocycles. The van der Waals surface area contributed by atoms with Gasteiger partial charge in [0, 0.05) is 23.2 Å². The van der Waals surface area contributed by atoms with Gasteiger partial charge in [-0.15, -0.1) is 0 Å². The highest BCUT2D eigenvalue weighted by molar-refractivity contribution is 6.31. The number of anilines is 1. The molecule has 8 heteroatoms. The number of fused-ring (bicyclic) bond motifs is 1. The number of carbonyl (C=O) groups excluding carboxylic acids is 2. The number of nitrogens with one attached hydrogen (secondary N) is 1. The molecule has 1 amide bonds. The number of rotatable bonds is 8. The van der Waals surface area contributed by atoms with Gasteiger partial charge in [0.25, 0.3) is 5.91 Å². The van der Waals surface area contributed by atoms with Gasteiger partial charge in [-0.25, -0.2) is 0 Å². The molecule has 0 aromatic heterocycles. The molecular formula is C20H20ClNO6. The van der Waals surface area contributed by atoms with Crippen molar-refractivity contribution in [3.63, 3.8) is 0 Å². The lowest BCUT2D eigenvalue weighted by Crippen LogP contribution is -2.21. The van der Waals surface area contributed by atoms with Crippen molar-refractivity contribution in [2.24, 2.45) is 0 Å². The molecular weight excluding hydrogens is 386 g/mol. The molecule has 28 heavy (non-hydrogen) atoms. The van der Waals surface area contributed by atoms with Gasteiger partial charge in [-0.2, -0.15) is 0 Å². The van der Waals surface area contributed by atoms with Gasteiger partial charge in [-0.3, -0.25) is 9.59 Å². The highest BCUT2D eigenvalue weighted by atomic mass is 35.5.